The lowest BCUT2D eigenvalue weighted by Crippen LogP contribution is -2.01. The van der Waals surface area contributed by atoms with Crippen LogP contribution in [-0.4, -0.2) is 12.4 Å². The van der Waals surface area contributed by atoms with Crippen LogP contribution in [0.4, 0.5) is 0 Å². The fourth-order valence-electron chi connectivity index (χ4n) is 2.05. The van der Waals surface area contributed by atoms with Gasteiger partial charge in [0.05, 0.1) is 6.61 Å². The summed E-state index contributed by atoms with van der Waals surface area (Å²) in [5, 5.41) is 9.25. The highest BCUT2D eigenvalue weighted by Crippen LogP contribution is 2.16. The zero-order valence-electron chi connectivity index (χ0n) is 13.2. The summed E-state index contributed by atoms with van der Waals surface area (Å²) in [4.78, 5) is 12.3. The smallest absolute Gasteiger partial charge is 0.203 e. The Kier molecular flexibility index (Phi) is 6.14. The molecule has 0 heterocycles. The zero-order valence-corrected chi connectivity index (χ0v) is 13.2. The molecule has 3 heteroatoms. The highest BCUT2D eigenvalue weighted by atomic mass is 16.5. The van der Waals surface area contributed by atoms with Gasteiger partial charge >= 0.3 is 0 Å². The lowest BCUT2D eigenvalue weighted by molar-refractivity contribution is 0.104. The number of Topliss-reactive ketones (excluding diaryl/α,β-unsaturated/α-hetero) is 1. The Morgan fingerprint density at radius 3 is 2.43 bits per heavy atom. The normalized spacial score (nSPS) is 10.9. The zero-order chi connectivity index (χ0) is 16.5. The average molecular weight is 305 g/mol. The number of ketones is 1. The van der Waals surface area contributed by atoms with Crippen molar-refractivity contribution in [2.75, 3.05) is 6.61 Å². The Balaban J connectivity index is 2.12. The predicted octanol–water partition coefficient (Wildman–Crippen LogP) is 4.66. The van der Waals surface area contributed by atoms with Gasteiger partial charge in [0.2, 0.25) is 5.78 Å². The maximum Gasteiger partial charge on any atom is 0.203 e. The number of benzene rings is 2. The van der Waals surface area contributed by atoms with Gasteiger partial charge < -0.3 is 4.74 Å². The Hall–Kier alpha value is -2.86. The second-order valence-corrected chi connectivity index (χ2v) is 5.14. The van der Waals surface area contributed by atoms with Crippen molar-refractivity contribution >= 4 is 11.9 Å². The van der Waals surface area contributed by atoms with Gasteiger partial charge in [-0.05, 0) is 30.2 Å². The van der Waals surface area contributed by atoms with Crippen molar-refractivity contribution in [3.8, 4) is 11.8 Å². The summed E-state index contributed by atoms with van der Waals surface area (Å²) < 4.78 is 5.60. The summed E-state index contributed by atoms with van der Waals surface area (Å²) in [6.07, 6.45) is 3.71. The Bertz CT molecular complexity index is 710. The SMILES string of the molecule is CCCCOc1ccc(/C=C(\C#N)C(=O)c2ccccc2)cc1. The molecule has 0 saturated carbocycles. The first-order chi connectivity index (χ1) is 11.2. The van der Waals surface area contributed by atoms with Crippen LogP contribution in [0.3, 0.4) is 0 Å². The Labute approximate surface area is 136 Å². The number of carbonyl (C=O) groups excluding carboxylic acids is 1. The van der Waals surface area contributed by atoms with Gasteiger partial charge in [-0.2, -0.15) is 5.26 Å². The molecule has 0 aliphatic heterocycles. The van der Waals surface area contributed by atoms with Crippen LogP contribution in [-0.2, 0) is 0 Å². The molecule has 0 bridgehead atoms. The molecule has 0 atom stereocenters. The van der Waals surface area contributed by atoms with Crippen molar-refractivity contribution in [1.29, 1.82) is 5.26 Å². The van der Waals surface area contributed by atoms with Gasteiger partial charge in [0.1, 0.15) is 17.4 Å². The lowest BCUT2D eigenvalue weighted by Gasteiger charge is -2.05. The summed E-state index contributed by atoms with van der Waals surface area (Å²) in [6.45, 7) is 2.81. The number of rotatable bonds is 7. The van der Waals surface area contributed by atoms with E-state index in [1.165, 1.54) is 0 Å². The van der Waals surface area contributed by atoms with E-state index in [1.807, 2.05) is 36.4 Å². The van der Waals surface area contributed by atoms with E-state index < -0.39 is 0 Å². The van der Waals surface area contributed by atoms with Crippen LogP contribution < -0.4 is 4.74 Å². The van der Waals surface area contributed by atoms with Crippen LogP contribution in [0.5, 0.6) is 5.75 Å². The van der Waals surface area contributed by atoms with Crippen LogP contribution in [0, 0.1) is 11.3 Å². The van der Waals surface area contributed by atoms with Crippen LogP contribution in [0.1, 0.15) is 35.7 Å². The minimum absolute atomic E-state index is 0.121. The van der Waals surface area contributed by atoms with Crippen LogP contribution >= 0.6 is 0 Å². The first kappa shape index (κ1) is 16.5. The topological polar surface area (TPSA) is 50.1 Å². The molecule has 0 aliphatic rings. The molecule has 0 radical (unpaired) electrons. The molecule has 2 aromatic carbocycles. The van der Waals surface area contributed by atoms with Crippen molar-refractivity contribution < 1.29 is 9.53 Å². The number of nitrogens with zero attached hydrogens (tertiary/aromatic N) is 1. The minimum Gasteiger partial charge on any atom is -0.494 e. The number of ether oxygens (including phenoxy) is 1. The number of hydrogen-bond acceptors (Lipinski definition) is 3. The van der Waals surface area contributed by atoms with E-state index in [0.29, 0.717) is 12.2 Å². The highest BCUT2D eigenvalue weighted by molar-refractivity contribution is 6.13. The van der Waals surface area contributed by atoms with Crippen molar-refractivity contribution in [2.24, 2.45) is 0 Å². The van der Waals surface area contributed by atoms with Crippen molar-refractivity contribution in [2.45, 2.75) is 19.8 Å². The molecule has 0 aliphatic carbocycles. The highest BCUT2D eigenvalue weighted by Gasteiger charge is 2.11. The predicted molar refractivity (Wildman–Crippen MR) is 91.2 cm³/mol. The van der Waals surface area contributed by atoms with Gasteiger partial charge in [-0.3, -0.25) is 4.79 Å². The number of hydrogen-bond donors (Lipinski definition) is 0. The molecule has 2 rings (SSSR count). The number of carbonyl (C=O) groups is 1. The first-order valence-corrected chi connectivity index (χ1v) is 7.69. The largest absolute Gasteiger partial charge is 0.494 e. The van der Waals surface area contributed by atoms with E-state index in [-0.39, 0.29) is 11.4 Å². The van der Waals surface area contributed by atoms with Gasteiger partial charge in [0, 0.05) is 5.56 Å². The van der Waals surface area contributed by atoms with Crippen LogP contribution in [0.25, 0.3) is 6.08 Å². The molecule has 0 aromatic heterocycles. The van der Waals surface area contributed by atoms with Crippen molar-refractivity contribution in [1.82, 2.24) is 0 Å². The molecule has 0 N–H and O–H groups in total. The van der Waals surface area contributed by atoms with Gasteiger partial charge in [-0.15, -0.1) is 0 Å². The quantitative estimate of drug-likeness (QED) is 0.324. The van der Waals surface area contributed by atoms with Gasteiger partial charge in [0.15, 0.2) is 0 Å². The first-order valence-electron chi connectivity index (χ1n) is 7.69. The average Bonchev–Trinajstić information content (AvgIpc) is 2.61. The van der Waals surface area contributed by atoms with E-state index in [9.17, 15) is 10.1 Å². The summed E-state index contributed by atoms with van der Waals surface area (Å²) in [7, 11) is 0. The standard InChI is InChI=1S/C20H19NO2/c1-2-3-13-23-19-11-9-16(10-12-19)14-18(15-21)20(22)17-7-5-4-6-8-17/h4-12,14H,2-3,13H2,1H3/b18-14+. The van der Waals surface area contributed by atoms with Gasteiger partial charge in [0.25, 0.3) is 0 Å². The molecular formula is C20H19NO2. The van der Waals surface area contributed by atoms with E-state index in [1.54, 1.807) is 30.3 Å². The molecular weight excluding hydrogens is 286 g/mol. The van der Waals surface area contributed by atoms with E-state index in [4.69, 9.17) is 4.74 Å². The number of unbranched alkanes of at least 4 members (excludes halogenated alkanes) is 1. The van der Waals surface area contributed by atoms with Crippen LogP contribution in [0.15, 0.2) is 60.2 Å². The fraction of sp³-hybridized carbons (Fsp3) is 0.200. The number of nitriles is 1. The molecule has 3 nitrogen and oxygen atoms in total. The minimum atomic E-state index is -0.267. The monoisotopic (exact) mass is 305 g/mol. The molecule has 0 unspecified atom stereocenters. The molecule has 2 aromatic rings. The van der Waals surface area contributed by atoms with Crippen molar-refractivity contribution in [3.05, 3.63) is 71.3 Å². The van der Waals surface area contributed by atoms with E-state index in [0.717, 1.165) is 24.2 Å². The third-order valence-corrected chi connectivity index (χ3v) is 3.36. The van der Waals surface area contributed by atoms with Gasteiger partial charge in [-0.25, -0.2) is 0 Å². The van der Waals surface area contributed by atoms with Crippen LogP contribution in [0.2, 0.25) is 0 Å². The molecule has 0 saturated heterocycles. The summed E-state index contributed by atoms with van der Waals surface area (Å²) in [6, 6.07) is 18.2. The molecule has 23 heavy (non-hydrogen) atoms. The third-order valence-electron chi connectivity index (χ3n) is 3.36. The van der Waals surface area contributed by atoms with E-state index >= 15 is 0 Å². The van der Waals surface area contributed by atoms with Gasteiger partial charge in [-0.1, -0.05) is 55.8 Å². The molecule has 0 spiro atoms. The fourth-order valence-corrected chi connectivity index (χ4v) is 2.05. The third kappa shape index (κ3) is 4.82. The second-order valence-electron chi connectivity index (χ2n) is 5.14. The maximum atomic E-state index is 12.3. The summed E-state index contributed by atoms with van der Waals surface area (Å²) >= 11 is 0. The summed E-state index contributed by atoms with van der Waals surface area (Å²) in [5.74, 6) is 0.528. The maximum absolute atomic E-state index is 12.3. The molecule has 116 valence electrons. The van der Waals surface area contributed by atoms with E-state index in [2.05, 4.69) is 6.92 Å². The number of allylic oxidation sites excluding steroid dienone is 1. The Morgan fingerprint density at radius 2 is 1.83 bits per heavy atom. The second kappa shape index (κ2) is 8.55. The summed E-state index contributed by atoms with van der Waals surface area (Å²) in [5.41, 5.74) is 1.43. The molecule has 0 fully saturated rings. The Morgan fingerprint density at radius 1 is 1.13 bits per heavy atom. The molecule has 0 amide bonds. The lowest BCUT2D eigenvalue weighted by atomic mass is 10.0. The van der Waals surface area contributed by atoms with Crippen molar-refractivity contribution in [3.63, 3.8) is 0 Å².